The summed E-state index contributed by atoms with van der Waals surface area (Å²) in [6, 6.07) is 0. The predicted octanol–water partition coefficient (Wildman–Crippen LogP) is 2.72. The SMILES string of the molecule is CSCCCN1CCC(c2ncncc2C)CC1. The van der Waals surface area contributed by atoms with E-state index in [0.717, 1.165) is 0 Å². The van der Waals surface area contributed by atoms with Gasteiger partial charge in [-0.05, 0) is 63.4 Å². The molecular formula is C14H23N3S. The monoisotopic (exact) mass is 265 g/mol. The van der Waals surface area contributed by atoms with Crippen molar-refractivity contribution in [1.29, 1.82) is 0 Å². The Labute approximate surface area is 114 Å². The quantitative estimate of drug-likeness (QED) is 0.766. The molecule has 0 aliphatic carbocycles. The Morgan fingerprint density at radius 2 is 2.17 bits per heavy atom. The number of rotatable bonds is 5. The smallest absolute Gasteiger partial charge is 0.115 e. The molecule has 1 aromatic rings. The van der Waals surface area contributed by atoms with Gasteiger partial charge in [0.25, 0.3) is 0 Å². The molecule has 0 atom stereocenters. The summed E-state index contributed by atoms with van der Waals surface area (Å²) in [6.45, 7) is 5.83. The summed E-state index contributed by atoms with van der Waals surface area (Å²) in [5.74, 6) is 1.93. The summed E-state index contributed by atoms with van der Waals surface area (Å²) in [6.07, 6.45) is 9.62. The molecule has 18 heavy (non-hydrogen) atoms. The van der Waals surface area contributed by atoms with Gasteiger partial charge in [-0.2, -0.15) is 11.8 Å². The Kier molecular flexibility index (Phi) is 5.45. The lowest BCUT2D eigenvalue weighted by molar-refractivity contribution is 0.211. The molecule has 1 aliphatic heterocycles. The number of hydrogen-bond acceptors (Lipinski definition) is 4. The summed E-state index contributed by atoms with van der Waals surface area (Å²) in [7, 11) is 0. The van der Waals surface area contributed by atoms with Gasteiger partial charge in [-0.25, -0.2) is 9.97 Å². The maximum atomic E-state index is 4.47. The number of piperidine rings is 1. The number of aryl methyl sites for hydroxylation is 1. The van der Waals surface area contributed by atoms with Crippen LogP contribution in [0.1, 0.15) is 36.4 Å². The van der Waals surface area contributed by atoms with Crippen molar-refractivity contribution in [2.75, 3.05) is 31.6 Å². The molecule has 4 heteroatoms. The summed E-state index contributed by atoms with van der Waals surface area (Å²) in [5, 5.41) is 0. The minimum Gasteiger partial charge on any atom is -0.303 e. The van der Waals surface area contributed by atoms with Crippen molar-refractivity contribution in [3.8, 4) is 0 Å². The van der Waals surface area contributed by atoms with Gasteiger partial charge in [0, 0.05) is 17.8 Å². The van der Waals surface area contributed by atoms with E-state index >= 15 is 0 Å². The van der Waals surface area contributed by atoms with E-state index in [1.807, 2.05) is 18.0 Å². The Morgan fingerprint density at radius 1 is 1.39 bits per heavy atom. The Hall–Kier alpha value is -0.610. The lowest BCUT2D eigenvalue weighted by atomic mass is 9.91. The van der Waals surface area contributed by atoms with Crippen LogP contribution in [-0.4, -0.2) is 46.5 Å². The molecule has 2 heterocycles. The van der Waals surface area contributed by atoms with Crippen molar-refractivity contribution in [1.82, 2.24) is 14.9 Å². The maximum absolute atomic E-state index is 4.47. The molecule has 2 rings (SSSR count). The Morgan fingerprint density at radius 3 is 2.83 bits per heavy atom. The lowest BCUT2D eigenvalue weighted by Crippen LogP contribution is -2.34. The van der Waals surface area contributed by atoms with E-state index < -0.39 is 0 Å². The molecule has 0 aromatic carbocycles. The number of hydrogen-bond donors (Lipinski definition) is 0. The van der Waals surface area contributed by atoms with Gasteiger partial charge in [-0.1, -0.05) is 0 Å². The van der Waals surface area contributed by atoms with E-state index in [1.54, 1.807) is 6.33 Å². The number of likely N-dealkylation sites (tertiary alicyclic amines) is 1. The van der Waals surface area contributed by atoms with Crippen LogP contribution in [0.25, 0.3) is 0 Å². The topological polar surface area (TPSA) is 29.0 Å². The van der Waals surface area contributed by atoms with Gasteiger partial charge in [-0.15, -0.1) is 0 Å². The highest BCUT2D eigenvalue weighted by atomic mass is 32.2. The standard InChI is InChI=1S/C14H23N3S/c1-12-10-15-11-16-14(12)13-4-7-17(8-5-13)6-3-9-18-2/h10-11,13H,3-9H2,1-2H3. The third-order valence-corrected chi connectivity index (χ3v) is 4.43. The highest BCUT2D eigenvalue weighted by molar-refractivity contribution is 7.98. The molecule has 0 unspecified atom stereocenters. The van der Waals surface area contributed by atoms with Crippen LogP contribution in [0.3, 0.4) is 0 Å². The molecule has 0 spiro atoms. The van der Waals surface area contributed by atoms with Gasteiger partial charge in [0.1, 0.15) is 6.33 Å². The first-order chi connectivity index (χ1) is 8.81. The summed E-state index contributed by atoms with van der Waals surface area (Å²) in [5.41, 5.74) is 2.52. The van der Waals surface area contributed by atoms with Gasteiger partial charge in [0.15, 0.2) is 0 Å². The minimum atomic E-state index is 0.643. The van der Waals surface area contributed by atoms with Gasteiger partial charge >= 0.3 is 0 Å². The van der Waals surface area contributed by atoms with Crippen molar-refractivity contribution < 1.29 is 0 Å². The van der Waals surface area contributed by atoms with Crippen molar-refractivity contribution >= 4 is 11.8 Å². The average molecular weight is 265 g/mol. The molecule has 1 fully saturated rings. The third-order valence-electron chi connectivity index (χ3n) is 3.73. The van der Waals surface area contributed by atoms with Gasteiger partial charge in [0.05, 0.1) is 0 Å². The van der Waals surface area contributed by atoms with Gasteiger partial charge in [0.2, 0.25) is 0 Å². The second-order valence-corrected chi connectivity index (χ2v) is 6.04. The maximum Gasteiger partial charge on any atom is 0.115 e. The van der Waals surface area contributed by atoms with Crippen LogP contribution >= 0.6 is 11.8 Å². The fraction of sp³-hybridized carbons (Fsp3) is 0.714. The number of thioether (sulfide) groups is 1. The van der Waals surface area contributed by atoms with Crippen LogP contribution in [0.4, 0.5) is 0 Å². The average Bonchev–Trinajstić information content (AvgIpc) is 2.41. The summed E-state index contributed by atoms with van der Waals surface area (Å²) in [4.78, 5) is 11.2. The number of nitrogens with zero attached hydrogens (tertiary/aromatic N) is 3. The lowest BCUT2D eigenvalue weighted by Gasteiger charge is -2.32. The minimum absolute atomic E-state index is 0.643. The highest BCUT2D eigenvalue weighted by Gasteiger charge is 2.22. The van der Waals surface area contributed by atoms with Gasteiger partial charge < -0.3 is 4.90 Å². The van der Waals surface area contributed by atoms with Crippen molar-refractivity contribution in [2.45, 2.75) is 32.1 Å². The van der Waals surface area contributed by atoms with Crippen LogP contribution in [-0.2, 0) is 0 Å². The normalized spacial score (nSPS) is 18.1. The predicted molar refractivity (Wildman–Crippen MR) is 78.2 cm³/mol. The Balaban J connectivity index is 1.81. The zero-order chi connectivity index (χ0) is 12.8. The van der Waals surface area contributed by atoms with Gasteiger partial charge in [-0.3, -0.25) is 0 Å². The fourth-order valence-electron chi connectivity index (χ4n) is 2.70. The Bertz CT molecular complexity index is 362. The van der Waals surface area contributed by atoms with Crippen LogP contribution in [0, 0.1) is 6.92 Å². The molecule has 0 saturated carbocycles. The zero-order valence-electron chi connectivity index (χ0n) is 11.4. The van der Waals surface area contributed by atoms with Crippen LogP contribution in [0.2, 0.25) is 0 Å². The molecule has 0 amide bonds. The number of aromatic nitrogens is 2. The van der Waals surface area contributed by atoms with E-state index in [1.165, 1.54) is 55.9 Å². The van der Waals surface area contributed by atoms with Crippen molar-refractivity contribution in [2.24, 2.45) is 0 Å². The molecule has 1 aromatic heterocycles. The second-order valence-electron chi connectivity index (χ2n) is 5.05. The molecule has 0 radical (unpaired) electrons. The largest absolute Gasteiger partial charge is 0.303 e. The van der Waals surface area contributed by atoms with E-state index in [9.17, 15) is 0 Å². The summed E-state index contributed by atoms with van der Waals surface area (Å²) < 4.78 is 0. The van der Waals surface area contributed by atoms with E-state index in [4.69, 9.17) is 0 Å². The molecule has 3 nitrogen and oxygen atoms in total. The zero-order valence-corrected chi connectivity index (χ0v) is 12.2. The van der Waals surface area contributed by atoms with E-state index in [-0.39, 0.29) is 0 Å². The molecule has 100 valence electrons. The van der Waals surface area contributed by atoms with E-state index in [0.29, 0.717) is 5.92 Å². The van der Waals surface area contributed by atoms with Crippen LogP contribution < -0.4 is 0 Å². The van der Waals surface area contributed by atoms with Crippen LogP contribution in [0.5, 0.6) is 0 Å². The second kappa shape index (κ2) is 7.10. The first kappa shape index (κ1) is 13.8. The molecule has 1 aliphatic rings. The van der Waals surface area contributed by atoms with E-state index in [2.05, 4.69) is 28.0 Å². The van der Waals surface area contributed by atoms with Crippen LogP contribution in [0.15, 0.2) is 12.5 Å². The molecule has 0 bridgehead atoms. The molecule has 1 saturated heterocycles. The summed E-state index contributed by atoms with van der Waals surface area (Å²) >= 11 is 1.95. The molecule has 0 N–H and O–H groups in total. The molecular weight excluding hydrogens is 242 g/mol. The first-order valence-electron chi connectivity index (χ1n) is 6.79. The fourth-order valence-corrected chi connectivity index (χ4v) is 3.12. The van der Waals surface area contributed by atoms with Crippen molar-refractivity contribution in [3.05, 3.63) is 23.8 Å². The van der Waals surface area contributed by atoms with Crippen molar-refractivity contribution in [3.63, 3.8) is 0 Å². The third kappa shape index (κ3) is 3.69. The highest BCUT2D eigenvalue weighted by Crippen LogP contribution is 2.28. The first-order valence-corrected chi connectivity index (χ1v) is 8.18.